The maximum atomic E-state index is 11.7. The molecule has 0 amide bonds. The van der Waals surface area contributed by atoms with E-state index >= 15 is 0 Å². The lowest BCUT2D eigenvalue weighted by Crippen LogP contribution is -2.55. The smallest absolute Gasteiger partial charge is 0.394 e. The zero-order chi connectivity index (χ0) is 11.9. The molecule has 0 unspecified atom stereocenters. The molecule has 0 aromatic heterocycles. The van der Waals surface area contributed by atoms with Crippen molar-refractivity contribution in [3.05, 3.63) is 0 Å². The Labute approximate surface area is 89.5 Å². The molecular formula is C7H14F3NO3S. The van der Waals surface area contributed by atoms with Gasteiger partial charge in [-0.2, -0.15) is 13.2 Å². The summed E-state index contributed by atoms with van der Waals surface area (Å²) in [6.45, 7) is -1.70. The van der Waals surface area contributed by atoms with Crippen LogP contribution in [-0.2, 0) is 0 Å². The van der Waals surface area contributed by atoms with Gasteiger partial charge in [0.2, 0.25) is 0 Å². The highest BCUT2D eigenvalue weighted by Crippen LogP contribution is 2.29. The molecule has 0 aliphatic carbocycles. The molecule has 0 saturated carbocycles. The van der Waals surface area contributed by atoms with E-state index in [0.717, 1.165) is 0 Å². The van der Waals surface area contributed by atoms with Crippen LogP contribution in [0.4, 0.5) is 13.2 Å². The van der Waals surface area contributed by atoms with Gasteiger partial charge in [-0.05, 0) is 11.8 Å². The molecule has 92 valence electrons. The van der Waals surface area contributed by atoms with Crippen LogP contribution in [0, 0.1) is 0 Å². The van der Waals surface area contributed by atoms with Gasteiger partial charge < -0.3 is 20.6 Å². The number of aliphatic hydroxyl groups is 3. The van der Waals surface area contributed by atoms with Crippen LogP contribution in [0.15, 0.2) is 0 Å². The second kappa shape index (κ2) is 6.54. The zero-order valence-electron chi connectivity index (χ0n) is 7.92. The fraction of sp³-hybridized carbons (Fsp3) is 1.00. The SMILES string of the molecule is OCC(CO)(CO)NCCSC(F)(F)F. The number of halogens is 3. The number of aliphatic hydroxyl groups excluding tert-OH is 3. The average molecular weight is 249 g/mol. The topological polar surface area (TPSA) is 72.7 Å². The minimum absolute atomic E-state index is 0.0636. The molecule has 0 spiro atoms. The van der Waals surface area contributed by atoms with Crippen molar-refractivity contribution in [2.75, 3.05) is 32.1 Å². The highest BCUT2D eigenvalue weighted by Gasteiger charge is 2.30. The number of nitrogens with one attached hydrogen (secondary N) is 1. The highest BCUT2D eigenvalue weighted by molar-refractivity contribution is 8.00. The van der Waals surface area contributed by atoms with Gasteiger partial charge in [0, 0.05) is 12.3 Å². The lowest BCUT2D eigenvalue weighted by atomic mass is 10.0. The monoisotopic (exact) mass is 249 g/mol. The van der Waals surface area contributed by atoms with Crippen molar-refractivity contribution >= 4 is 11.8 Å². The quantitative estimate of drug-likeness (QED) is 0.460. The first-order chi connectivity index (χ1) is 6.89. The van der Waals surface area contributed by atoms with Gasteiger partial charge in [0.1, 0.15) is 0 Å². The van der Waals surface area contributed by atoms with Crippen molar-refractivity contribution < 1.29 is 28.5 Å². The van der Waals surface area contributed by atoms with Crippen molar-refractivity contribution in [2.45, 2.75) is 11.0 Å². The summed E-state index contributed by atoms with van der Waals surface area (Å²) in [6.07, 6.45) is 0. The van der Waals surface area contributed by atoms with Crippen molar-refractivity contribution in [3.63, 3.8) is 0 Å². The van der Waals surface area contributed by atoms with Gasteiger partial charge in [-0.3, -0.25) is 0 Å². The molecule has 0 fully saturated rings. The molecule has 0 rings (SSSR count). The van der Waals surface area contributed by atoms with E-state index in [9.17, 15) is 13.2 Å². The van der Waals surface area contributed by atoms with Gasteiger partial charge in [0.05, 0.1) is 25.4 Å². The first kappa shape index (κ1) is 15.0. The van der Waals surface area contributed by atoms with Gasteiger partial charge in [-0.15, -0.1) is 0 Å². The van der Waals surface area contributed by atoms with Crippen LogP contribution in [0.25, 0.3) is 0 Å². The highest BCUT2D eigenvalue weighted by atomic mass is 32.2. The fourth-order valence-corrected chi connectivity index (χ4v) is 1.24. The molecule has 0 bridgehead atoms. The lowest BCUT2D eigenvalue weighted by Gasteiger charge is -2.28. The molecule has 0 aliphatic rings. The molecule has 4 nitrogen and oxygen atoms in total. The Hall–Kier alpha value is -0.0200. The summed E-state index contributed by atoms with van der Waals surface area (Å²) in [5.74, 6) is -0.245. The number of hydrogen-bond acceptors (Lipinski definition) is 5. The van der Waals surface area contributed by atoms with E-state index in [1.165, 1.54) is 0 Å². The predicted octanol–water partition coefficient (Wildman–Crippen LogP) is -0.455. The van der Waals surface area contributed by atoms with Crippen LogP contribution in [0.1, 0.15) is 0 Å². The molecular weight excluding hydrogens is 235 g/mol. The van der Waals surface area contributed by atoms with Gasteiger partial charge in [0.25, 0.3) is 0 Å². The van der Waals surface area contributed by atoms with E-state index < -0.39 is 30.9 Å². The molecule has 0 aromatic rings. The second-order valence-electron chi connectivity index (χ2n) is 2.98. The summed E-state index contributed by atoms with van der Waals surface area (Å²) < 4.78 is 35.1. The van der Waals surface area contributed by atoms with Gasteiger partial charge in [-0.1, -0.05) is 0 Å². The van der Waals surface area contributed by atoms with Crippen LogP contribution in [-0.4, -0.2) is 58.5 Å². The Kier molecular flexibility index (Phi) is 6.53. The van der Waals surface area contributed by atoms with Gasteiger partial charge in [0.15, 0.2) is 0 Å². The van der Waals surface area contributed by atoms with E-state index in [0.29, 0.717) is 0 Å². The standard InChI is InChI=1S/C7H14F3NO3S/c8-7(9,10)15-2-1-11-6(3-12,4-13)5-14/h11-14H,1-5H2. The van der Waals surface area contributed by atoms with E-state index in [2.05, 4.69) is 5.32 Å². The first-order valence-corrected chi connectivity index (χ1v) is 5.16. The Morgan fingerprint density at radius 2 is 1.47 bits per heavy atom. The van der Waals surface area contributed by atoms with E-state index in [1.54, 1.807) is 0 Å². The number of rotatable bonds is 7. The van der Waals surface area contributed by atoms with Gasteiger partial charge in [-0.25, -0.2) is 0 Å². The molecule has 0 radical (unpaired) electrons. The van der Waals surface area contributed by atoms with Gasteiger partial charge >= 0.3 is 5.51 Å². The van der Waals surface area contributed by atoms with E-state index in [4.69, 9.17) is 15.3 Å². The second-order valence-corrected chi connectivity index (χ2v) is 4.14. The summed E-state index contributed by atoms with van der Waals surface area (Å²) in [5, 5.41) is 29.0. The fourth-order valence-electron chi connectivity index (χ4n) is 0.801. The summed E-state index contributed by atoms with van der Waals surface area (Å²) in [4.78, 5) is 0. The molecule has 0 aromatic carbocycles. The molecule has 0 atom stereocenters. The number of alkyl halides is 3. The molecule has 8 heteroatoms. The Bertz CT molecular complexity index is 167. The van der Waals surface area contributed by atoms with Crippen molar-refractivity contribution in [3.8, 4) is 0 Å². The van der Waals surface area contributed by atoms with Crippen LogP contribution in [0.3, 0.4) is 0 Å². The first-order valence-electron chi connectivity index (χ1n) is 4.17. The minimum Gasteiger partial charge on any atom is -0.394 e. The van der Waals surface area contributed by atoms with E-state index in [-0.39, 0.29) is 24.1 Å². The lowest BCUT2D eigenvalue weighted by molar-refractivity contribution is -0.0328. The Balaban J connectivity index is 3.82. The summed E-state index contributed by atoms with van der Waals surface area (Å²) in [7, 11) is 0. The molecule has 0 heterocycles. The third-order valence-corrected chi connectivity index (χ3v) is 2.51. The average Bonchev–Trinajstić information content (AvgIpc) is 2.18. The van der Waals surface area contributed by atoms with E-state index in [1.807, 2.05) is 0 Å². The summed E-state index contributed by atoms with van der Waals surface area (Å²) >= 11 is -0.202. The summed E-state index contributed by atoms with van der Waals surface area (Å²) in [6, 6.07) is 0. The number of thioether (sulfide) groups is 1. The Morgan fingerprint density at radius 3 is 1.80 bits per heavy atom. The van der Waals surface area contributed by atoms with Crippen molar-refractivity contribution in [1.29, 1.82) is 0 Å². The molecule has 4 N–H and O–H groups in total. The van der Waals surface area contributed by atoms with Crippen LogP contribution in [0.2, 0.25) is 0 Å². The van der Waals surface area contributed by atoms with Crippen LogP contribution < -0.4 is 5.32 Å². The third-order valence-electron chi connectivity index (χ3n) is 1.78. The van der Waals surface area contributed by atoms with Crippen molar-refractivity contribution in [2.24, 2.45) is 0 Å². The van der Waals surface area contributed by atoms with Crippen LogP contribution in [0.5, 0.6) is 0 Å². The molecule has 0 saturated heterocycles. The van der Waals surface area contributed by atoms with Crippen molar-refractivity contribution in [1.82, 2.24) is 5.32 Å². The largest absolute Gasteiger partial charge is 0.441 e. The maximum absolute atomic E-state index is 11.7. The normalized spacial score (nSPS) is 13.2. The third kappa shape index (κ3) is 6.21. The maximum Gasteiger partial charge on any atom is 0.441 e. The Morgan fingerprint density at radius 1 is 1.00 bits per heavy atom. The molecule has 0 aliphatic heterocycles. The zero-order valence-corrected chi connectivity index (χ0v) is 8.74. The predicted molar refractivity (Wildman–Crippen MR) is 50.5 cm³/mol. The van der Waals surface area contributed by atoms with Crippen LogP contribution >= 0.6 is 11.8 Å². The molecule has 15 heavy (non-hydrogen) atoms. The summed E-state index contributed by atoms with van der Waals surface area (Å²) in [5.41, 5.74) is -5.60. The minimum atomic E-state index is -4.29. The number of hydrogen-bond donors (Lipinski definition) is 4.